The lowest BCUT2D eigenvalue weighted by molar-refractivity contribution is 1.65. The third-order valence-electron chi connectivity index (χ3n) is 0.804. The van der Waals surface area contributed by atoms with Crippen LogP contribution in [0.15, 0.2) is 24.3 Å². The van der Waals surface area contributed by atoms with E-state index in [4.69, 9.17) is 11.6 Å². The van der Waals surface area contributed by atoms with Crippen LogP contribution in [0.4, 0.5) is 0 Å². The normalized spacial score (nSPS) is 9.25. The van der Waals surface area contributed by atoms with Crippen molar-refractivity contribution in [2.75, 3.05) is 0 Å². The van der Waals surface area contributed by atoms with Gasteiger partial charge in [0.15, 0.2) is 0 Å². The number of rotatable bonds is 0. The Morgan fingerprint density at radius 2 is 1.62 bits per heavy atom. The predicted molar refractivity (Wildman–Crippen MR) is 44.2 cm³/mol. The third-order valence-corrected chi connectivity index (χ3v) is 1.77. The minimum atomic E-state index is 0.797. The van der Waals surface area contributed by atoms with E-state index in [-0.39, 0.29) is 0 Å². The van der Waals surface area contributed by atoms with Gasteiger partial charge in [-0.25, -0.2) is 0 Å². The second kappa shape index (κ2) is 2.69. The van der Waals surface area contributed by atoms with Gasteiger partial charge in [-0.2, -0.15) is 0 Å². The van der Waals surface area contributed by atoms with Crippen molar-refractivity contribution in [3.8, 4) is 0 Å². The van der Waals surface area contributed by atoms with Gasteiger partial charge in [0.25, 0.3) is 0 Å². The molecule has 0 heterocycles. The first kappa shape index (κ1) is 6.36. The van der Waals surface area contributed by atoms with Crippen LogP contribution in [0.1, 0.15) is 0 Å². The fraction of sp³-hybridized carbons (Fsp3) is 0. The van der Waals surface area contributed by atoms with Gasteiger partial charge in [-0.05, 0) is 46.9 Å². The summed E-state index contributed by atoms with van der Waals surface area (Å²) in [5.74, 6) is 0. The Bertz CT molecular complexity index is 147. The lowest BCUT2D eigenvalue weighted by Gasteiger charge is -1.86. The van der Waals surface area contributed by atoms with Gasteiger partial charge in [0, 0.05) is 8.59 Å². The molecule has 1 aromatic carbocycles. The predicted octanol–water partition coefficient (Wildman–Crippen LogP) is 2.94. The maximum atomic E-state index is 5.61. The van der Waals surface area contributed by atoms with Crippen molar-refractivity contribution in [1.82, 2.24) is 0 Å². The maximum absolute atomic E-state index is 5.61. The molecule has 0 spiro atoms. The molecular weight excluding hydrogens is 230 g/mol. The van der Waals surface area contributed by atoms with Crippen LogP contribution in [0.2, 0.25) is 5.02 Å². The van der Waals surface area contributed by atoms with Crippen molar-refractivity contribution in [1.29, 1.82) is 0 Å². The molecule has 0 radical (unpaired) electrons. The molecule has 0 saturated carbocycles. The van der Waals surface area contributed by atoms with Crippen LogP contribution in [-0.4, -0.2) is 0 Å². The van der Waals surface area contributed by atoms with Crippen LogP contribution in [0.3, 0.4) is 0 Å². The quantitative estimate of drug-likeness (QED) is 0.606. The number of benzene rings is 1. The van der Waals surface area contributed by atoms with Gasteiger partial charge in [-0.3, -0.25) is 0 Å². The van der Waals surface area contributed by atoms with E-state index in [0.717, 1.165) is 5.02 Å². The summed E-state index contributed by atoms with van der Waals surface area (Å²) in [4.78, 5) is 0. The van der Waals surface area contributed by atoms with Crippen molar-refractivity contribution in [3.63, 3.8) is 0 Å². The van der Waals surface area contributed by atoms with Crippen molar-refractivity contribution >= 4 is 34.2 Å². The first-order valence-corrected chi connectivity index (χ1v) is 3.66. The molecule has 0 fully saturated rings. The molecule has 0 N–H and O–H groups in total. The fourth-order valence-electron chi connectivity index (χ4n) is 0.430. The highest BCUT2D eigenvalue weighted by atomic mass is 123. The summed E-state index contributed by atoms with van der Waals surface area (Å²) in [7, 11) is 0. The Balaban J connectivity index is 3.03. The van der Waals surface area contributed by atoms with E-state index in [1.54, 1.807) is 0 Å². The lowest BCUT2D eigenvalue weighted by atomic mass is 10.4. The first-order valence-electron chi connectivity index (χ1n) is 2.20. The summed E-state index contributed by atoms with van der Waals surface area (Å²) in [5.41, 5.74) is 0. The van der Waals surface area contributed by atoms with Gasteiger partial charge in [0.2, 0.25) is 0 Å². The van der Waals surface area contributed by atoms with Gasteiger partial charge >= 0.3 is 0 Å². The molecule has 8 heavy (non-hydrogen) atoms. The Morgan fingerprint density at radius 1 is 1.12 bits per heavy atom. The van der Waals surface area contributed by atoms with Crippen LogP contribution >= 0.6 is 34.2 Å². The van der Waals surface area contributed by atoms with Gasteiger partial charge in [-0.15, -0.1) is 0 Å². The summed E-state index contributed by atoms with van der Waals surface area (Å²) in [5, 5.41) is 0.797. The standard InChI is InChI=1S/C6H4ClI/c7-5-1-3-6(8)4-2-5/h1-4H/i8-4. The van der Waals surface area contributed by atoms with Crippen molar-refractivity contribution in [3.05, 3.63) is 32.9 Å². The highest BCUT2D eigenvalue weighted by Crippen LogP contribution is 2.10. The SMILES string of the molecule is Clc1ccc([123I])cc1. The molecule has 0 aliphatic carbocycles. The minimum Gasteiger partial charge on any atom is -0.0843 e. The van der Waals surface area contributed by atoms with E-state index in [9.17, 15) is 0 Å². The van der Waals surface area contributed by atoms with Gasteiger partial charge in [0.05, 0.1) is 0 Å². The van der Waals surface area contributed by atoms with Crippen LogP contribution in [0.25, 0.3) is 0 Å². The molecule has 0 atom stereocenters. The molecule has 0 aromatic heterocycles. The largest absolute Gasteiger partial charge is 0.0843 e. The number of halogens is 2. The van der Waals surface area contributed by atoms with Crippen LogP contribution < -0.4 is 0 Å². The third kappa shape index (κ3) is 1.63. The second-order valence-electron chi connectivity index (χ2n) is 1.44. The highest BCUT2D eigenvalue weighted by molar-refractivity contribution is 14.1. The summed E-state index contributed by atoms with van der Waals surface area (Å²) in [6.07, 6.45) is 0. The smallest absolute Gasteiger partial charge is 0.0406 e. The minimum absolute atomic E-state index is 0.797. The Morgan fingerprint density at radius 3 is 2.00 bits per heavy atom. The van der Waals surface area contributed by atoms with E-state index in [0.29, 0.717) is 0 Å². The summed E-state index contributed by atoms with van der Waals surface area (Å²) in [6.45, 7) is 0. The second-order valence-corrected chi connectivity index (χ2v) is 3.12. The summed E-state index contributed by atoms with van der Waals surface area (Å²) >= 11 is 7.85. The fourth-order valence-corrected chi connectivity index (χ4v) is 0.915. The number of hydrogen-bond acceptors (Lipinski definition) is 0. The van der Waals surface area contributed by atoms with Crippen molar-refractivity contribution in [2.24, 2.45) is 0 Å². The molecule has 0 saturated heterocycles. The first-order chi connectivity index (χ1) is 3.79. The average Bonchev–Trinajstić information content (AvgIpc) is 1.77. The number of hydrogen-bond donors (Lipinski definition) is 0. The zero-order valence-electron chi connectivity index (χ0n) is 4.07. The Hall–Kier alpha value is 0.240. The summed E-state index contributed by atoms with van der Waals surface area (Å²) < 4.78 is 1.21. The van der Waals surface area contributed by atoms with Crippen LogP contribution in [0.5, 0.6) is 0 Å². The van der Waals surface area contributed by atoms with Gasteiger partial charge < -0.3 is 0 Å². The van der Waals surface area contributed by atoms with Crippen molar-refractivity contribution in [2.45, 2.75) is 0 Å². The summed E-state index contributed by atoms with van der Waals surface area (Å²) in [6, 6.07) is 7.71. The van der Waals surface area contributed by atoms with E-state index in [1.165, 1.54) is 3.57 Å². The highest BCUT2D eigenvalue weighted by Gasteiger charge is 1.83. The van der Waals surface area contributed by atoms with Gasteiger partial charge in [-0.1, -0.05) is 11.6 Å². The maximum Gasteiger partial charge on any atom is 0.0406 e. The molecular formula is C6H4ClI. The van der Waals surface area contributed by atoms with E-state index >= 15 is 0 Å². The monoisotopic (exact) mass is 234 g/mol. The molecule has 0 aliphatic heterocycles. The molecule has 1 rings (SSSR count). The Kier molecular flexibility index (Phi) is 2.14. The zero-order valence-corrected chi connectivity index (χ0v) is 6.98. The molecule has 1 aromatic rings. The molecule has 0 amide bonds. The van der Waals surface area contributed by atoms with E-state index in [2.05, 4.69) is 22.6 Å². The Labute approximate surface area is 67.0 Å². The molecule has 0 bridgehead atoms. The molecule has 0 unspecified atom stereocenters. The van der Waals surface area contributed by atoms with Crippen LogP contribution in [0, 0.1) is 3.57 Å². The molecule has 0 aliphatic rings. The van der Waals surface area contributed by atoms with Gasteiger partial charge in [0.1, 0.15) is 0 Å². The van der Waals surface area contributed by atoms with Crippen LogP contribution in [-0.2, 0) is 0 Å². The van der Waals surface area contributed by atoms with E-state index < -0.39 is 0 Å². The topological polar surface area (TPSA) is 0 Å². The molecule has 0 nitrogen and oxygen atoms in total. The molecule has 42 valence electrons. The average molecular weight is 234 g/mol. The van der Waals surface area contributed by atoms with E-state index in [1.807, 2.05) is 24.3 Å². The lowest BCUT2D eigenvalue weighted by Crippen LogP contribution is -1.65. The molecule has 2 heteroatoms. The zero-order chi connectivity index (χ0) is 5.98. The van der Waals surface area contributed by atoms with Crippen molar-refractivity contribution < 1.29 is 0 Å².